The molecule has 1 heterocycles. The Labute approximate surface area is 97.5 Å². The van der Waals surface area contributed by atoms with E-state index in [0.717, 1.165) is 0 Å². The fraction of sp³-hybridized carbons (Fsp3) is 0.900. The van der Waals surface area contributed by atoms with Crippen LogP contribution in [0.5, 0.6) is 0 Å². The first-order valence-corrected chi connectivity index (χ1v) is 7.10. The summed E-state index contributed by atoms with van der Waals surface area (Å²) >= 11 is 0. The van der Waals surface area contributed by atoms with Gasteiger partial charge in [-0.3, -0.25) is 4.79 Å². The molecule has 0 N–H and O–H groups in total. The first-order chi connectivity index (χ1) is 7.35. The van der Waals surface area contributed by atoms with Crippen molar-refractivity contribution in [3.63, 3.8) is 0 Å². The van der Waals surface area contributed by atoms with Crippen LogP contribution in [0.15, 0.2) is 0 Å². The fourth-order valence-corrected chi connectivity index (χ4v) is 3.08. The molecule has 6 heteroatoms. The minimum atomic E-state index is -3.18. The Morgan fingerprint density at radius 1 is 1.12 bits per heavy atom. The lowest BCUT2D eigenvalue weighted by Crippen LogP contribution is -2.39. The molecule has 0 spiro atoms. The molecule has 1 aliphatic heterocycles. The van der Waals surface area contributed by atoms with Gasteiger partial charge in [0.15, 0.2) is 0 Å². The third-order valence-electron chi connectivity index (χ3n) is 2.86. The van der Waals surface area contributed by atoms with Crippen molar-refractivity contribution >= 4 is 15.9 Å². The van der Waals surface area contributed by atoms with Gasteiger partial charge in [-0.25, -0.2) is 8.42 Å². The van der Waals surface area contributed by atoms with Crippen LogP contribution >= 0.6 is 0 Å². The second-order valence-electron chi connectivity index (χ2n) is 4.35. The molecular weight excluding hydrogens is 228 g/mol. The zero-order chi connectivity index (χ0) is 12.3. The number of nitrogens with zero attached hydrogens (tertiary/aromatic N) is 2. The van der Waals surface area contributed by atoms with E-state index in [4.69, 9.17) is 0 Å². The molecule has 5 nitrogen and oxygen atoms in total. The Morgan fingerprint density at radius 2 is 1.75 bits per heavy atom. The molecule has 1 amide bonds. The molecule has 0 atom stereocenters. The second-order valence-corrected chi connectivity index (χ2v) is 6.84. The molecular formula is C10H20N2O3S. The molecule has 0 aliphatic carbocycles. The van der Waals surface area contributed by atoms with Gasteiger partial charge in [0.1, 0.15) is 0 Å². The van der Waals surface area contributed by atoms with Crippen LogP contribution in [-0.4, -0.2) is 55.0 Å². The first kappa shape index (κ1) is 13.4. The highest BCUT2D eigenvalue weighted by atomic mass is 32.2. The SMILES string of the molecule is CC(=O)N1CCCN(S(=O)(=O)C(C)C)CC1. The summed E-state index contributed by atoms with van der Waals surface area (Å²) in [6.45, 7) is 6.98. The van der Waals surface area contributed by atoms with Gasteiger partial charge >= 0.3 is 0 Å². The lowest BCUT2D eigenvalue weighted by atomic mass is 10.4. The summed E-state index contributed by atoms with van der Waals surface area (Å²) in [5, 5.41) is -0.392. The van der Waals surface area contributed by atoms with E-state index in [1.54, 1.807) is 18.7 Å². The summed E-state index contributed by atoms with van der Waals surface area (Å²) in [5.74, 6) is 0.0174. The summed E-state index contributed by atoms with van der Waals surface area (Å²) < 4.78 is 25.4. The lowest BCUT2D eigenvalue weighted by Gasteiger charge is -2.22. The predicted octanol–water partition coefficient (Wildman–Crippen LogP) is 0.279. The van der Waals surface area contributed by atoms with E-state index in [9.17, 15) is 13.2 Å². The summed E-state index contributed by atoms with van der Waals surface area (Å²) in [4.78, 5) is 12.9. The van der Waals surface area contributed by atoms with Gasteiger partial charge in [-0.15, -0.1) is 0 Å². The van der Waals surface area contributed by atoms with Gasteiger partial charge in [-0.1, -0.05) is 0 Å². The third-order valence-corrected chi connectivity index (χ3v) is 5.13. The largest absolute Gasteiger partial charge is 0.342 e. The van der Waals surface area contributed by atoms with Crippen LogP contribution in [0.2, 0.25) is 0 Å². The van der Waals surface area contributed by atoms with Crippen molar-refractivity contribution in [2.45, 2.75) is 32.4 Å². The van der Waals surface area contributed by atoms with E-state index in [-0.39, 0.29) is 5.91 Å². The van der Waals surface area contributed by atoms with Crippen molar-refractivity contribution in [1.29, 1.82) is 0 Å². The number of hydrogen-bond acceptors (Lipinski definition) is 3. The molecule has 0 bridgehead atoms. The zero-order valence-corrected chi connectivity index (χ0v) is 11.0. The predicted molar refractivity (Wildman–Crippen MR) is 62.5 cm³/mol. The van der Waals surface area contributed by atoms with Gasteiger partial charge in [-0.2, -0.15) is 4.31 Å². The van der Waals surface area contributed by atoms with E-state index in [2.05, 4.69) is 0 Å². The Morgan fingerprint density at radius 3 is 2.25 bits per heavy atom. The van der Waals surface area contributed by atoms with Gasteiger partial charge in [0, 0.05) is 33.1 Å². The van der Waals surface area contributed by atoms with Crippen LogP contribution in [0, 0.1) is 0 Å². The van der Waals surface area contributed by atoms with Crippen LogP contribution in [0.1, 0.15) is 27.2 Å². The number of hydrogen-bond donors (Lipinski definition) is 0. The van der Waals surface area contributed by atoms with Crippen molar-refractivity contribution in [2.24, 2.45) is 0 Å². The summed E-state index contributed by atoms with van der Waals surface area (Å²) in [5.41, 5.74) is 0. The van der Waals surface area contributed by atoms with E-state index < -0.39 is 15.3 Å². The van der Waals surface area contributed by atoms with Crippen LogP contribution in [0.3, 0.4) is 0 Å². The zero-order valence-electron chi connectivity index (χ0n) is 10.1. The molecule has 94 valence electrons. The van der Waals surface area contributed by atoms with Crippen LogP contribution in [0.25, 0.3) is 0 Å². The van der Waals surface area contributed by atoms with Gasteiger partial charge in [-0.05, 0) is 20.3 Å². The normalized spacial score (nSPS) is 19.9. The number of carbonyl (C=O) groups is 1. The van der Waals surface area contributed by atoms with E-state index in [1.807, 2.05) is 0 Å². The molecule has 0 aromatic rings. The molecule has 0 radical (unpaired) electrons. The monoisotopic (exact) mass is 248 g/mol. The number of sulfonamides is 1. The average Bonchev–Trinajstić information content (AvgIpc) is 2.42. The molecule has 1 aliphatic rings. The number of rotatable bonds is 2. The smallest absolute Gasteiger partial charge is 0.219 e. The second kappa shape index (κ2) is 5.14. The van der Waals surface area contributed by atoms with Crippen molar-refractivity contribution in [2.75, 3.05) is 26.2 Å². The van der Waals surface area contributed by atoms with E-state index in [1.165, 1.54) is 11.2 Å². The topological polar surface area (TPSA) is 57.7 Å². The van der Waals surface area contributed by atoms with E-state index in [0.29, 0.717) is 32.6 Å². The molecule has 1 fully saturated rings. The first-order valence-electron chi connectivity index (χ1n) is 5.60. The molecule has 0 saturated carbocycles. The van der Waals surface area contributed by atoms with Gasteiger partial charge in [0.05, 0.1) is 5.25 Å². The summed E-state index contributed by atoms with van der Waals surface area (Å²) in [6, 6.07) is 0. The third kappa shape index (κ3) is 2.95. The van der Waals surface area contributed by atoms with Gasteiger partial charge in [0.25, 0.3) is 0 Å². The van der Waals surface area contributed by atoms with Gasteiger partial charge < -0.3 is 4.90 Å². The maximum atomic E-state index is 11.9. The summed E-state index contributed by atoms with van der Waals surface area (Å²) in [6.07, 6.45) is 0.714. The van der Waals surface area contributed by atoms with Crippen molar-refractivity contribution in [1.82, 2.24) is 9.21 Å². The number of amides is 1. The Bertz CT molecular complexity index is 351. The molecule has 16 heavy (non-hydrogen) atoms. The quantitative estimate of drug-likeness (QED) is 0.705. The lowest BCUT2D eigenvalue weighted by molar-refractivity contribution is -0.128. The molecule has 1 saturated heterocycles. The van der Waals surface area contributed by atoms with Crippen LogP contribution in [-0.2, 0) is 14.8 Å². The Hall–Kier alpha value is -0.620. The highest BCUT2D eigenvalue weighted by molar-refractivity contribution is 7.89. The van der Waals surface area contributed by atoms with Crippen molar-refractivity contribution in [3.8, 4) is 0 Å². The van der Waals surface area contributed by atoms with Gasteiger partial charge in [0.2, 0.25) is 15.9 Å². The number of carbonyl (C=O) groups excluding carboxylic acids is 1. The standard InChI is InChI=1S/C10H20N2O3S/c1-9(2)16(14,15)12-6-4-5-11(7-8-12)10(3)13/h9H,4-8H2,1-3H3. The Kier molecular flexibility index (Phi) is 4.32. The van der Waals surface area contributed by atoms with Crippen molar-refractivity contribution in [3.05, 3.63) is 0 Å². The molecule has 0 aromatic carbocycles. The van der Waals surface area contributed by atoms with E-state index >= 15 is 0 Å². The highest BCUT2D eigenvalue weighted by Crippen LogP contribution is 2.12. The molecule has 1 rings (SSSR count). The summed E-state index contributed by atoms with van der Waals surface area (Å²) in [7, 11) is -3.18. The maximum Gasteiger partial charge on any atom is 0.219 e. The fourth-order valence-electron chi connectivity index (χ4n) is 1.76. The molecule has 0 unspecified atom stereocenters. The minimum Gasteiger partial charge on any atom is -0.342 e. The van der Waals surface area contributed by atoms with Crippen molar-refractivity contribution < 1.29 is 13.2 Å². The maximum absolute atomic E-state index is 11.9. The van der Waals surface area contributed by atoms with Crippen LogP contribution < -0.4 is 0 Å². The Balaban J connectivity index is 2.71. The highest BCUT2D eigenvalue weighted by Gasteiger charge is 2.28. The average molecular weight is 248 g/mol. The van der Waals surface area contributed by atoms with Crippen LogP contribution in [0.4, 0.5) is 0 Å². The molecule has 0 aromatic heterocycles. The minimum absolute atomic E-state index is 0.0174.